The first-order valence-corrected chi connectivity index (χ1v) is 8.83. The molecule has 0 saturated carbocycles. The first-order chi connectivity index (χ1) is 11.9. The fraction of sp³-hybridized carbons (Fsp3) is 0.429. The topological polar surface area (TPSA) is 46.6 Å². The van der Waals surface area contributed by atoms with E-state index < -0.39 is 5.97 Å². The van der Waals surface area contributed by atoms with Gasteiger partial charge in [-0.15, -0.1) is 0 Å². The maximum atomic E-state index is 12.8. The normalized spacial score (nSPS) is 16.3. The zero-order chi connectivity index (χ0) is 18.6. The Bertz CT molecular complexity index is 711. The van der Waals surface area contributed by atoms with E-state index >= 15 is 0 Å². The van der Waals surface area contributed by atoms with Gasteiger partial charge in [-0.05, 0) is 36.5 Å². The van der Waals surface area contributed by atoms with E-state index in [0.717, 1.165) is 18.4 Å². The van der Waals surface area contributed by atoms with Crippen LogP contribution in [0.1, 0.15) is 57.6 Å². The average molecular weight is 341 g/mol. The Labute approximate surface area is 150 Å². The minimum absolute atomic E-state index is 0.126. The van der Waals surface area contributed by atoms with Crippen LogP contribution in [0.2, 0.25) is 0 Å². The lowest BCUT2D eigenvalue weighted by Crippen LogP contribution is -2.26. The van der Waals surface area contributed by atoms with E-state index in [1.165, 1.54) is 12.7 Å². The van der Waals surface area contributed by atoms with Gasteiger partial charge < -0.3 is 9.64 Å². The highest BCUT2D eigenvalue weighted by Gasteiger charge is 2.36. The zero-order valence-corrected chi connectivity index (χ0v) is 15.8. The molecule has 0 unspecified atom stereocenters. The fourth-order valence-corrected chi connectivity index (χ4v) is 2.96. The van der Waals surface area contributed by atoms with E-state index in [4.69, 9.17) is 4.74 Å². The summed E-state index contributed by atoms with van der Waals surface area (Å²) in [5.74, 6) is -0.138. The number of carbonyl (C=O) groups excluding carboxylic acids is 2. The number of unbranched alkanes of at least 4 members (excludes halogenated alkanes) is 1. The molecule has 134 valence electrons. The number of amides is 1. The molecule has 0 N–H and O–H groups in total. The molecule has 0 atom stereocenters. The summed E-state index contributed by atoms with van der Waals surface area (Å²) in [6.07, 6.45) is 3.67. The Morgan fingerprint density at radius 2 is 1.88 bits per heavy atom. The molecule has 0 aromatic heterocycles. The zero-order valence-electron chi connectivity index (χ0n) is 15.8. The SMILES string of the molecule is CCCCN1C(=O)/C(=C\c2ccc(C(C)C)cc2)C(C(=O)OC)=C1C. The second-order valence-electron chi connectivity index (χ2n) is 6.64. The van der Waals surface area contributed by atoms with Crippen molar-refractivity contribution in [3.05, 3.63) is 52.2 Å². The van der Waals surface area contributed by atoms with Crippen LogP contribution in [-0.4, -0.2) is 30.4 Å². The summed E-state index contributed by atoms with van der Waals surface area (Å²) in [6.45, 7) is 8.78. The molecule has 1 aliphatic heterocycles. The largest absolute Gasteiger partial charge is 0.465 e. The van der Waals surface area contributed by atoms with Crippen molar-refractivity contribution in [2.24, 2.45) is 0 Å². The van der Waals surface area contributed by atoms with Crippen LogP contribution in [0, 0.1) is 0 Å². The molecular formula is C21H27NO3. The van der Waals surface area contributed by atoms with Gasteiger partial charge in [0.1, 0.15) is 0 Å². The highest BCUT2D eigenvalue weighted by Crippen LogP contribution is 2.32. The molecular weight excluding hydrogens is 314 g/mol. The third-order valence-electron chi connectivity index (χ3n) is 4.55. The number of hydrogen-bond acceptors (Lipinski definition) is 3. The number of hydrogen-bond donors (Lipinski definition) is 0. The summed E-state index contributed by atoms with van der Waals surface area (Å²) in [5, 5.41) is 0. The van der Waals surface area contributed by atoms with Crippen LogP contribution in [0.15, 0.2) is 41.1 Å². The standard InChI is InChI=1S/C21H27NO3/c1-6-7-12-22-15(4)19(21(24)25-5)18(20(22)23)13-16-8-10-17(11-9-16)14(2)3/h8-11,13-14H,6-7,12H2,1-5H3/b18-13-. The number of carbonyl (C=O) groups is 2. The number of allylic oxidation sites excluding steroid dienone is 1. The van der Waals surface area contributed by atoms with Crippen molar-refractivity contribution in [2.45, 2.75) is 46.5 Å². The Morgan fingerprint density at radius 1 is 1.24 bits per heavy atom. The maximum absolute atomic E-state index is 12.8. The predicted molar refractivity (Wildman–Crippen MR) is 99.8 cm³/mol. The summed E-state index contributed by atoms with van der Waals surface area (Å²) in [5.41, 5.74) is 3.60. The minimum Gasteiger partial charge on any atom is -0.465 e. The lowest BCUT2D eigenvalue weighted by atomic mass is 9.99. The minimum atomic E-state index is -0.463. The van der Waals surface area contributed by atoms with Crippen molar-refractivity contribution in [1.82, 2.24) is 4.90 Å². The van der Waals surface area contributed by atoms with Gasteiger partial charge in [0.25, 0.3) is 5.91 Å². The second kappa shape index (κ2) is 8.15. The fourth-order valence-electron chi connectivity index (χ4n) is 2.96. The van der Waals surface area contributed by atoms with Gasteiger partial charge in [0, 0.05) is 12.2 Å². The summed E-state index contributed by atoms with van der Waals surface area (Å²) in [7, 11) is 1.34. The van der Waals surface area contributed by atoms with Gasteiger partial charge in [-0.2, -0.15) is 0 Å². The van der Waals surface area contributed by atoms with Crippen LogP contribution >= 0.6 is 0 Å². The number of rotatable bonds is 6. The van der Waals surface area contributed by atoms with Crippen molar-refractivity contribution in [3.63, 3.8) is 0 Å². The van der Waals surface area contributed by atoms with Crippen LogP contribution in [0.4, 0.5) is 0 Å². The first kappa shape index (κ1) is 19.0. The number of nitrogens with zero attached hydrogens (tertiary/aromatic N) is 1. The van der Waals surface area contributed by atoms with Gasteiger partial charge in [-0.3, -0.25) is 4.79 Å². The molecule has 1 aromatic rings. The van der Waals surface area contributed by atoms with Crippen LogP contribution in [0.5, 0.6) is 0 Å². The Hall–Kier alpha value is -2.36. The molecule has 1 amide bonds. The monoisotopic (exact) mass is 341 g/mol. The molecule has 1 aliphatic rings. The van der Waals surface area contributed by atoms with Crippen molar-refractivity contribution >= 4 is 18.0 Å². The Kier molecular flexibility index (Phi) is 6.18. The van der Waals surface area contributed by atoms with Gasteiger partial charge >= 0.3 is 5.97 Å². The van der Waals surface area contributed by atoms with Crippen LogP contribution in [0.3, 0.4) is 0 Å². The molecule has 1 heterocycles. The lowest BCUT2D eigenvalue weighted by Gasteiger charge is -2.17. The quantitative estimate of drug-likeness (QED) is 0.573. The van der Waals surface area contributed by atoms with Gasteiger partial charge in [0.05, 0.1) is 18.3 Å². The van der Waals surface area contributed by atoms with E-state index in [9.17, 15) is 9.59 Å². The van der Waals surface area contributed by atoms with Gasteiger partial charge in [0.2, 0.25) is 0 Å². The average Bonchev–Trinajstić information content (AvgIpc) is 2.83. The summed E-state index contributed by atoms with van der Waals surface area (Å²) in [6, 6.07) is 8.07. The predicted octanol–water partition coefficient (Wildman–Crippen LogP) is 4.28. The molecule has 0 radical (unpaired) electrons. The highest BCUT2D eigenvalue weighted by molar-refractivity contribution is 6.16. The van der Waals surface area contributed by atoms with E-state index in [1.807, 2.05) is 19.1 Å². The Balaban J connectivity index is 2.42. The van der Waals surface area contributed by atoms with Gasteiger partial charge in [-0.1, -0.05) is 51.5 Å². The summed E-state index contributed by atoms with van der Waals surface area (Å²) >= 11 is 0. The van der Waals surface area contributed by atoms with E-state index in [1.54, 1.807) is 11.0 Å². The van der Waals surface area contributed by atoms with Gasteiger partial charge in [0.15, 0.2) is 0 Å². The first-order valence-electron chi connectivity index (χ1n) is 8.83. The molecule has 0 fully saturated rings. The lowest BCUT2D eigenvalue weighted by molar-refractivity contribution is -0.136. The van der Waals surface area contributed by atoms with Crippen molar-refractivity contribution in [2.75, 3.05) is 13.7 Å². The molecule has 0 spiro atoms. The van der Waals surface area contributed by atoms with E-state index in [-0.39, 0.29) is 5.91 Å². The third-order valence-corrected chi connectivity index (χ3v) is 4.55. The van der Waals surface area contributed by atoms with Crippen LogP contribution < -0.4 is 0 Å². The van der Waals surface area contributed by atoms with Crippen molar-refractivity contribution in [1.29, 1.82) is 0 Å². The number of methoxy groups -OCH3 is 1. The smallest absolute Gasteiger partial charge is 0.340 e. The number of benzene rings is 1. The highest BCUT2D eigenvalue weighted by atomic mass is 16.5. The molecule has 4 heteroatoms. The number of esters is 1. The van der Waals surface area contributed by atoms with Crippen molar-refractivity contribution in [3.8, 4) is 0 Å². The maximum Gasteiger partial charge on any atom is 0.340 e. The molecule has 0 aliphatic carbocycles. The molecule has 1 aromatic carbocycles. The van der Waals surface area contributed by atoms with Gasteiger partial charge in [-0.25, -0.2) is 4.79 Å². The number of ether oxygens (including phenoxy) is 1. The molecule has 4 nitrogen and oxygen atoms in total. The van der Waals surface area contributed by atoms with Crippen LogP contribution in [0.25, 0.3) is 6.08 Å². The molecule has 0 saturated heterocycles. The summed E-state index contributed by atoms with van der Waals surface area (Å²) in [4.78, 5) is 26.8. The Morgan fingerprint density at radius 3 is 2.40 bits per heavy atom. The second-order valence-corrected chi connectivity index (χ2v) is 6.64. The molecule has 25 heavy (non-hydrogen) atoms. The van der Waals surface area contributed by atoms with E-state index in [0.29, 0.717) is 29.3 Å². The molecule has 2 rings (SSSR count). The molecule has 0 bridgehead atoms. The van der Waals surface area contributed by atoms with Crippen molar-refractivity contribution < 1.29 is 14.3 Å². The summed E-state index contributed by atoms with van der Waals surface area (Å²) < 4.78 is 4.91. The third kappa shape index (κ3) is 4.01. The van der Waals surface area contributed by atoms with E-state index in [2.05, 4.69) is 32.9 Å². The van der Waals surface area contributed by atoms with Crippen LogP contribution in [-0.2, 0) is 14.3 Å².